The molecule has 3 heterocycles. The van der Waals surface area contributed by atoms with Crippen molar-refractivity contribution in [2.45, 2.75) is 19.9 Å². The SMILES string of the molecule is CCc1cc(N(C)Cc2nccn2C)n2c(nc3ccccc32)c1C#N. The molecule has 6 nitrogen and oxygen atoms in total. The fraction of sp³-hybridized carbons (Fsp3) is 0.250. The lowest BCUT2D eigenvalue weighted by Crippen LogP contribution is -2.22. The molecule has 0 saturated heterocycles. The van der Waals surface area contributed by atoms with Gasteiger partial charge in [-0.2, -0.15) is 5.26 Å². The van der Waals surface area contributed by atoms with E-state index in [0.717, 1.165) is 40.3 Å². The van der Waals surface area contributed by atoms with Crippen LogP contribution in [0.1, 0.15) is 23.9 Å². The molecule has 0 bridgehead atoms. The Morgan fingerprint density at radius 1 is 1.27 bits per heavy atom. The molecule has 0 spiro atoms. The topological polar surface area (TPSA) is 62.1 Å². The highest BCUT2D eigenvalue weighted by molar-refractivity contribution is 5.85. The van der Waals surface area contributed by atoms with E-state index in [0.29, 0.717) is 12.1 Å². The van der Waals surface area contributed by atoms with Crippen LogP contribution in [-0.4, -0.2) is 26.0 Å². The molecule has 0 saturated carbocycles. The average Bonchev–Trinajstić information content (AvgIpc) is 3.23. The Morgan fingerprint density at radius 2 is 2.08 bits per heavy atom. The number of benzene rings is 1. The van der Waals surface area contributed by atoms with Crippen LogP contribution >= 0.6 is 0 Å². The Kier molecular flexibility index (Phi) is 3.85. The fourth-order valence-electron chi connectivity index (χ4n) is 3.39. The molecule has 4 aromatic rings. The molecule has 1 aromatic carbocycles. The molecule has 0 unspecified atom stereocenters. The van der Waals surface area contributed by atoms with Crippen LogP contribution in [0.5, 0.6) is 0 Å². The third-order valence-electron chi connectivity index (χ3n) is 4.82. The lowest BCUT2D eigenvalue weighted by molar-refractivity contribution is 0.752. The molecule has 0 aliphatic heterocycles. The van der Waals surface area contributed by atoms with E-state index in [4.69, 9.17) is 4.98 Å². The molecule has 130 valence electrons. The highest BCUT2D eigenvalue weighted by Crippen LogP contribution is 2.29. The molecule has 4 rings (SSSR count). The van der Waals surface area contributed by atoms with E-state index in [1.807, 2.05) is 55.3 Å². The Labute approximate surface area is 151 Å². The predicted molar refractivity (Wildman–Crippen MR) is 102 cm³/mol. The second kappa shape index (κ2) is 6.19. The molecular formula is C20H20N6. The minimum absolute atomic E-state index is 0.651. The minimum atomic E-state index is 0.651. The van der Waals surface area contributed by atoms with Crippen molar-refractivity contribution in [1.29, 1.82) is 5.26 Å². The molecule has 0 atom stereocenters. The molecule has 0 fully saturated rings. The quantitative estimate of drug-likeness (QED) is 0.570. The Hall–Kier alpha value is -3.33. The number of fused-ring (bicyclic) bond motifs is 3. The largest absolute Gasteiger partial charge is 0.353 e. The first kappa shape index (κ1) is 16.2. The normalized spacial score (nSPS) is 11.2. The van der Waals surface area contributed by atoms with Crippen molar-refractivity contribution in [3.05, 3.63) is 59.7 Å². The van der Waals surface area contributed by atoms with E-state index < -0.39 is 0 Å². The number of anilines is 1. The monoisotopic (exact) mass is 344 g/mol. The van der Waals surface area contributed by atoms with Crippen molar-refractivity contribution >= 4 is 22.5 Å². The third-order valence-corrected chi connectivity index (χ3v) is 4.82. The van der Waals surface area contributed by atoms with Crippen molar-refractivity contribution in [1.82, 2.24) is 18.9 Å². The number of nitriles is 1. The van der Waals surface area contributed by atoms with Gasteiger partial charge in [-0.05, 0) is 30.2 Å². The van der Waals surface area contributed by atoms with Crippen LogP contribution < -0.4 is 4.90 Å². The van der Waals surface area contributed by atoms with Gasteiger partial charge >= 0.3 is 0 Å². The van der Waals surface area contributed by atoms with Crippen LogP contribution in [0, 0.1) is 11.3 Å². The summed E-state index contributed by atoms with van der Waals surface area (Å²) in [4.78, 5) is 11.3. The zero-order valence-electron chi connectivity index (χ0n) is 15.1. The van der Waals surface area contributed by atoms with Crippen molar-refractivity contribution in [2.24, 2.45) is 7.05 Å². The molecule has 0 N–H and O–H groups in total. The predicted octanol–water partition coefficient (Wildman–Crippen LogP) is 3.29. The standard InChI is InChI=1S/C20H20N6/c1-4-14-11-19(25(3)13-18-22-9-10-24(18)2)26-17-8-6-5-7-16(17)23-20(26)15(14)12-21/h5-11H,4,13H2,1-3H3. The summed E-state index contributed by atoms with van der Waals surface area (Å²) < 4.78 is 4.10. The first-order chi connectivity index (χ1) is 12.6. The van der Waals surface area contributed by atoms with E-state index in [2.05, 4.69) is 33.3 Å². The highest BCUT2D eigenvalue weighted by atomic mass is 15.2. The molecule has 0 amide bonds. The van der Waals surface area contributed by atoms with E-state index in [9.17, 15) is 5.26 Å². The van der Waals surface area contributed by atoms with Gasteiger partial charge in [-0.25, -0.2) is 9.97 Å². The van der Waals surface area contributed by atoms with Crippen molar-refractivity contribution in [3.63, 3.8) is 0 Å². The second-order valence-corrected chi connectivity index (χ2v) is 6.44. The van der Waals surface area contributed by atoms with E-state index in [1.165, 1.54) is 0 Å². The van der Waals surface area contributed by atoms with Crippen LogP contribution in [0.2, 0.25) is 0 Å². The van der Waals surface area contributed by atoms with E-state index >= 15 is 0 Å². The number of hydrogen-bond donors (Lipinski definition) is 0. The van der Waals surface area contributed by atoms with E-state index in [-0.39, 0.29) is 0 Å². The Bertz CT molecular complexity index is 1140. The smallest absolute Gasteiger partial charge is 0.157 e. The van der Waals surface area contributed by atoms with Crippen LogP contribution in [-0.2, 0) is 20.0 Å². The first-order valence-electron chi connectivity index (χ1n) is 8.64. The third kappa shape index (κ3) is 2.40. The number of hydrogen-bond acceptors (Lipinski definition) is 4. The summed E-state index contributed by atoms with van der Waals surface area (Å²) in [7, 11) is 4.04. The van der Waals surface area contributed by atoms with Crippen molar-refractivity contribution in [3.8, 4) is 6.07 Å². The maximum Gasteiger partial charge on any atom is 0.157 e. The number of pyridine rings is 1. The maximum absolute atomic E-state index is 9.72. The number of para-hydroxylation sites is 2. The van der Waals surface area contributed by atoms with E-state index in [1.54, 1.807) is 0 Å². The van der Waals surface area contributed by atoms with Gasteiger partial charge in [0.2, 0.25) is 0 Å². The number of nitrogens with zero attached hydrogens (tertiary/aromatic N) is 6. The zero-order valence-corrected chi connectivity index (χ0v) is 15.1. The number of aryl methyl sites for hydroxylation is 2. The minimum Gasteiger partial charge on any atom is -0.353 e. The molecule has 0 aliphatic carbocycles. The van der Waals surface area contributed by atoms with Crippen molar-refractivity contribution in [2.75, 3.05) is 11.9 Å². The number of aromatic nitrogens is 4. The van der Waals surface area contributed by atoms with Gasteiger partial charge in [-0.15, -0.1) is 0 Å². The molecule has 26 heavy (non-hydrogen) atoms. The van der Waals surface area contributed by atoms with Gasteiger partial charge in [0.15, 0.2) is 5.65 Å². The summed E-state index contributed by atoms with van der Waals surface area (Å²) >= 11 is 0. The Balaban J connectivity index is 1.98. The number of rotatable bonds is 4. The van der Waals surface area contributed by atoms with Gasteiger partial charge in [0.1, 0.15) is 17.7 Å². The van der Waals surface area contributed by atoms with Gasteiger partial charge in [-0.1, -0.05) is 19.1 Å². The summed E-state index contributed by atoms with van der Waals surface area (Å²) in [5.41, 5.74) is 4.27. The van der Waals surface area contributed by atoms with Crippen LogP contribution in [0.4, 0.5) is 5.82 Å². The van der Waals surface area contributed by atoms with Gasteiger partial charge in [0.05, 0.1) is 23.1 Å². The molecule has 3 aromatic heterocycles. The summed E-state index contributed by atoms with van der Waals surface area (Å²) in [6.45, 7) is 2.73. The van der Waals surface area contributed by atoms with Gasteiger partial charge in [0, 0.05) is 26.5 Å². The summed E-state index contributed by atoms with van der Waals surface area (Å²) in [5, 5.41) is 9.72. The maximum atomic E-state index is 9.72. The molecule has 0 radical (unpaired) electrons. The lowest BCUT2D eigenvalue weighted by Gasteiger charge is -2.22. The van der Waals surface area contributed by atoms with Crippen LogP contribution in [0.25, 0.3) is 16.7 Å². The summed E-state index contributed by atoms with van der Waals surface area (Å²) in [6, 6.07) is 12.4. The van der Waals surface area contributed by atoms with Gasteiger partial charge < -0.3 is 9.47 Å². The summed E-state index contributed by atoms with van der Waals surface area (Å²) in [5.74, 6) is 1.99. The fourth-order valence-corrected chi connectivity index (χ4v) is 3.39. The zero-order chi connectivity index (χ0) is 18.3. The molecular weight excluding hydrogens is 324 g/mol. The number of imidazole rings is 2. The highest BCUT2D eigenvalue weighted by Gasteiger charge is 2.18. The van der Waals surface area contributed by atoms with Gasteiger partial charge in [0.25, 0.3) is 0 Å². The second-order valence-electron chi connectivity index (χ2n) is 6.44. The molecule has 6 heteroatoms. The van der Waals surface area contributed by atoms with Gasteiger partial charge in [-0.3, -0.25) is 4.40 Å². The molecule has 0 aliphatic rings. The van der Waals surface area contributed by atoms with Crippen LogP contribution in [0.3, 0.4) is 0 Å². The lowest BCUT2D eigenvalue weighted by atomic mass is 10.1. The summed E-state index contributed by atoms with van der Waals surface area (Å²) in [6.07, 6.45) is 4.54. The van der Waals surface area contributed by atoms with Crippen LogP contribution in [0.15, 0.2) is 42.7 Å². The first-order valence-corrected chi connectivity index (χ1v) is 8.64. The van der Waals surface area contributed by atoms with Crippen molar-refractivity contribution < 1.29 is 0 Å². The Morgan fingerprint density at radius 3 is 2.77 bits per heavy atom. The average molecular weight is 344 g/mol.